The van der Waals surface area contributed by atoms with Gasteiger partial charge in [0.25, 0.3) is 0 Å². The standard InChI is InChI=1S/C17H18F3NO/c1-11-2-4-13(5-3-11)22-14-6-7-21(10-14)16-9-12(18)8-15(19)17(16)20/h2-5,8,14,16H,6-7,9-10H2,1H3. The third-order valence-electron chi connectivity index (χ3n) is 4.13. The van der Waals surface area contributed by atoms with E-state index in [-0.39, 0.29) is 12.5 Å². The second kappa shape index (κ2) is 6.16. The van der Waals surface area contributed by atoms with E-state index in [1.165, 1.54) is 0 Å². The van der Waals surface area contributed by atoms with Gasteiger partial charge in [-0.1, -0.05) is 17.7 Å². The van der Waals surface area contributed by atoms with Gasteiger partial charge in [-0.15, -0.1) is 0 Å². The van der Waals surface area contributed by atoms with E-state index in [4.69, 9.17) is 4.74 Å². The number of benzene rings is 1. The fourth-order valence-electron chi connectivity index (χ4n) is 2.93. The molecular weight excluding hydrogens is 291 g/mol. The van der Waals surface area contributed by atoms with Crippen molar-refractivity contribution < 1.29 is 17.9 Å². The number of hydrogen-bond donors (Lipinski definition) is 0. The topological polar surface area (TPSA) is 12.5 Å². The van der Waals surface area contributed by atoms with Gasteiger partial charge in [0.15, 0.2) is 11.7 Å². The predicted molar refractivity (Wildman–Crippen MR) is 78.6 cm³/mol. The average Bonchev–Trinajstić information content (AvgIpc) is 2.93. The Balaban J connectivity index is 1.63. The number of nitrogens with zero attached hydrogens (tertiary/aromatic N) is 1. The van der Waals surface area contributed by atoms with Gasteiger partial charge < -0.3 is 4.74 Å². The van der Waals surface area contributed by atoms with Crippen LogP contribution in [0.1, 0.15) is 18.4 Å². The number of hydrogen-bond acceptors (Lipinski definition) is 2. The zero-order valence-electron chi connectivity index (χ0n) is 12.4. The summed E-state index contributed by atoms with van der Waals surface area (Å²) in [7, 11) is 0. The first-order valence-corrected chi connectivity index (χ1v) is 7.41. The smallest absolute Gasteiger partial charge is 0.158 e. The summed E-state index contributed by atoms with van der Waals surface area (Å²) in [4.78, 5) is 1.75. The Morgan fingerprint density at radius 3 is 2.59 bits per heavy atom. The largest absolute Gasteiger partial charge is 0.489 e. The Morgan fingerprint density at radius 2 is 1.86 bits per heavy atom. The van der Waals surface area contributed by atoms with Crippen molar-refractivity contribution in [3.63, 3.8) is 0 Å². The molecule has 1 fully saturated rings. The summed E-state index contributed by atoms with van der Waals surface area (Å²) in [5.74, 6) is -1.84. The lowest BCUT2D eigenvalue weighted by atomic mass is 10.0. The Bertz CT molecular complexity index is 609. The molecule has 0 amide bonds. The second-order valence-electron chi connectivity index (χ2n) is 5.84. The molecule has 0 aromatic heterocycles. The minimum absolute atomic E-state index is 0.0902. The summed E-state index contributed by atoms with van der Waals surface area (Å²) in [5, 5.41) is 0. The van der Waals surface area contributed by atoms with Gasteiger partial charge in [-0.2, -0.15) is 0 Å². The van der Waals surface area contributed by atoms with Crippen LogP contribution < -0.4 is 4.74 Å². The molecule has 0 radical (unpaired) electrons. The van der Waals surface area contributed by atoms with Gasteiger partial charge >= 0.3 is 0 Å². The summed E-state index contributed by atoms with van der Waals surface area (Å²) in [6, 6.07) is 6.85. The van der Waals surface area contributed by atoms with Crippen molar-refractivity contribution in [3.8, 4) is 5.75 Å². The van der Waals surface area contributed by atoms with E-state index in [0.29, 0.717) is 25.6 Å². The van der Waals surface area contributed by atoms with Crippen LogP contribution in [0.15, 0.2) is 47.8 Å². The SMILES string of the molecule is Cc1ccc(OC2CCN(C3CC(F)=CC(F)=C3F)C2)cc1. The maximum absolute atomic E-state index is 13.9. The normalized spacial score (nSPS) is 26.3. The van der Waals surface area contributed by atoms with E-state index < -0.39 is 23.5 Å². The Labute approximate surface area is 127 Å². The molecule has 2 aliphatic rings. The van der Waals surface area contributed by atoms with Crippen molar-refractivity contribution in [2.75, 3.05) is 13.1 Å². The molecule has 2 nitrogen and oxygen atoms in total. The molecule has 3 rings (SSSR count). The van der Waals surface area contributed by atoms with Crippen LogP contribution in [0.4, 0.5) is 13.2 Å². The van der Waals surface area contributed by atoms with E-state index in [1.807, 2.05) is 31.2 Å². The van der Waals surface area contributed by atoms with Crippen LogP contribution in [0.5, 0.6) is 5.75 Å². The Morgan fingerprint density at radius 1 is 1.14 bits per heavy atom. The Hall–Kier alpha value is -1.75. The highest BCUT2D eigenvalue weighted by Crippen LogP contribution is 2.33. The predicted octanol–water partition coefficient (Wildman–Crippen LogP) is 4.22. The maximum atomic E-state index is 13.9. The van der Waals surface area contributed by atoms with E-state index in [1.54, 1.807) is 4.90 Å². The highest BCUT2D eigenvalue weighted by atomic mass is 19.2. The number of halogens is 3. The molecule has 0 saturated carbocycles. The van der Waals surface area contributed by atoms with Gasteiger partial charge in [-0.3, -0.25) is 4.90 Å². The fourth-order valence-corrected chi connectivity index (χ4v) is 2.93. The minimum atomic E-state index is -1.10. The number of likely N-dealkylation sites (tertiary alicyclic amines) is 1. The van der Waals surface area contributed by atoms with Crippen molar-refractivity contribution in [1.82, 2.24) is 4.90 Å². The van der Waals surface area contributed by atoms with Crippen LogP contribution in [-0.2, 0) is 0 Å². The summed E-state index contributed by atoms with van der Waals surface area (Å²) in [6.45, 7) is 3.03. The minimum Gasteiger partial charge on any atom is -0.489 e. The van der Waals surface area contributed by atoms with Crippen LogP contribution in [0.2, 0.25) is 0 Å². The quantitative estimate of drug-likeness (QED) is 0.828. The molecule has 1 aromatic carbocycles. The summed E-state index contributed by atoms with van der Waals surface area (Å²) >= 11 is 0. The Kier molecular flexibility index (Phi) is 4.25. The van der Waals surface area contributed by atoms with Crippen molar-refractivity contribution in [2.45, 2.75) is 31.9 Å². The zero-order chi connectivity index (χ0) is 15.7. The van der Waals surface area contributed by atoms with Gasteiger partial charge in [-0.05, 0) is 25.5 Å². The highest BCUT2D eigenvalue weighted by Gasteiger charge is 2.35. The van der Waals surface area contributed by atoms with Crippen LogP contribution in [0.25, 0.3) is 0 Å². The number of rotatable bonds is 3. The molecule has 0 bridgehead atoms. The average molecular weight is 309 g/mol. The molecule has 2 atom stereocenters. The van der Waals surface area contributed by atoms with Crippen LogP contribution in [0.3, 0.4) is 0 Å². The molecule has 1 heterocycles. The fraction of sp³-hybridized carbons (Fsp3) is 0.412. The van der Waals surface area contributed by atoms with Crippen molar-refractivity contribution >= 4 is 0 Å². The molecule has 0 N–H and O–H groups in total. The third-order valence-corrected chi connectivity index (χ3v) is 4.13. The van der Waals surface area contributed by atoms with Gasteiger partial charge in [0.2, 0.25) is 0 Å². The molecule has 1 aliphatic heterocycles. The first kappa shape index (κ1) is 15.2. The highest BCUT2D eigenvalue weighted by molar-refractivity contribution is 5.28. The first-order valence-electron chi connectivity index (χ1n) is 7.41. The van der Waals surface area contributed by atoms with E-state index in [9.17, 15) is 13.2 Å². The second-order valence-corrected chi connectivity index (χ2v) is 5.84. The summed E-state index contributed by atoms with van der Waals surface area (Å²) in [5.41, 5.74) is 1.15. The molecule has 1 aromatic rings. The molecule has 1 aliphatic carbocycles. The molecular formula is C17H18F3NO. The van der Waals surface area contributed by atoms with Gasteiger partial charge in [0.1, 0.15) is 17.7 Å². The van der Waals surface area contributed by atoms with Crippen LogP contribution >= 0.6 is 0 Å². The first-order chi connectivity index (χ1) is 10.5. The van der Waals surface area contributed by atoms with Crippen molar-refractivity contribution in [2.24, 2.45) is 0 Å². The van der Waals surface area contributed by atoms with Crippen LogP contribution in [-0.4, -0.2) is 30.1 Å². The summed E-state index contributed by atoms with van der Waals surface area (Å²) < 4.78 is 46.4. The zero-order valence-corrected chi connectivity index (χ0v) is 12.4. The lowest BCUT2D eigenvalue weighted by molar-refractivity contribution is 0.172. The molecule has 22 heavy (non-hydrogen) atoms. The number of aryl methyl sites for hydroxylation is 1. The lowest BCUT2D eigenvalue weighted by Crippen LogP contribution is -2.36. The molecule has 1 saturated heterocycles. The number of allylic oxidation sites excluding steroid dienone is 2. The third kappa shape index (κ3) is 3.19. The van der Waals surface area contributed by atoms with E-state index >= 15 is 0 Å². The maximum Gasteiger partial charge on any atom is 0.158 e. The van der Waals surface area contributed by atoms with Crippen molar-refractivity contribution in [3.05, 3.63) is 53.4 Å². The monoisotopic (exact) mass is 309 g/mol. The van der Waals surface area contributed by atoms with Crippen molar-refractivity contribution in [1.29, 1.82) is 0 Å². The van der Waals surface area contributed by atoms with E-state index in [2.05, 4.69) is 0 Å². The lowest BCUT2D eigenvalue weighted by Gasteiger charge is -2.28. The number of ether oxygens (including phenoxy) is 1. The molecule has 118 valence electrons. The molecule has 0 spiro atoms. The van der Waals surface area contributed by atoms with Crippen LogP contribution in [0, 0.1) is 6.92 Å². The van der Waals surface area contributed by atoms with E-state index in [0.717, 1.165) is 11.3 Å². The molecule has 2 unspecified atom stereocenters. The van der Waals surface area contributed by atoms with Gasteiger partial charge in [0.05, 0.1) is 6.04 Å². The molecule has 5 heteroatoms. The summed E-state index contributed by atoms with van der Waals surface area (Å²) in [6.07, 6.45) is 1.14. The van der Waals surface area contributed by atoms with Gasteiger partial charge in [-0.25, -0.2) is 13.2 Å². The van der Waals surface area contributed by atoms with Gasteiger partial charge in [0, 0.05) is 25.6 Å².